The Morgan fingerprint density at radius 1 is 1.19 bits per heavy atom. The highest BCUT2D eigenvalue weighted by molar-refractivity contribution is 7.89. The smallest absolute Gasteiger partial charge is 0.337 e. The molecule has 11 heteroatoms. The largest absolute Gasteiger partial charge is 0.463 e. The van der Waals surface area contributed by atoms with Crippen LogP contribution in [-0.2, 0) is 14.8 Å². The molecule has 1 fully saturated rings. The predicted molar refractivity (Wildman–Crippen MR) is 63.2 cm³/mol. The van der Waals surface area contributed by atoms with Gasteiger partial charge in [-0.05, 0) is 19.8 Å². The van der Waals surface area contributed by atoms with Crippen molar-refractivity contribution in [2.75, 3.05) is 18.8 Å². The van der Waals surface area contributed by atoms with E-state index < -0.39 is 34.1 Å². The lowest BCUT2D eigenvalue weighted by molar-refractivity contribution is -0.274. The molecule has 1 heterocycles. The summed E-state index contributed by atoms with van der Waals surface area (Å²) >= 11 is 0. The number of likely N-dealkylation sites (tertiary alicyclic amines) is 1. The van der Waals surface area contributed by atoms with Crippen LogP contribution in [0.15, 0.2) is 0 Å². The van der Waals surface area contributed by atoms with Crippen molar-refractivity contribution >= 4 is 15.9 Å². The summed E-state index contributed by atoms with van der Waals surface area (Å²) in [5, 5.41) is 0. The number of nitrogens with one attached hydrogen (secondary N) is 1. The van der Waals surface area contributed by atoms with Gasteiger partial charge < -0.3 is 4.90 Å². The summed E-state index contributed by atoms with van der Waals surface area (Å²) in [5.74, 6) is -7.90. The van der Waals surface area contributed by atoms with Crippen molar-refractivity contribution in [3.63, 3.8) is 0 Å². The van der Waals surface area contributed by atoms with Crippen LogP contribution in [0.3, 0.4) is 0 Å². The molecule has 1 aliphatic heterocycles. The van der Waals surface area contributed by atoms with Gasteiger partial charge in [0.15, 0.2) is 0 Å². The summed E-state index contributed by atoms with van der Waals surface area (Å²) in [5.41, 5.74) is 0. The molecule has 124 valence electrons. The van der Waals surface area contributed by atoms with Crippen LogP contribution in [0, 0.1) is 0 Å². The van der Waals surface area contributed by atoms with Gasteiger partial charge in [-0.25, -0.2) is 13.1 Å². The molecule has 0 unspecified atom stereocenters. The Labute approximate surface area is 118 Å². The topological polar surface area (TPSA) is 66.5 Å². The fraction of sp³-hybridized carbons (Fsp3) is 0.900. The number of amides is 1. The van der Waals surface area contributed by atoms with E-state index in [0.717, 1.165) is 0 Å². The Kier molecular flexibility index (Phi) is 5.19. The molecule has 0 spiro atoms. The number of rotatable bonds is 4. The van der Waals surface area contributed by atoms with Gasteiger partial charge in [-0.1, -0.05) is 0 Å². The lowest BCUT2D eigenvalue weighted by atomic mass is 10.1. The van der Waals surface area contributed by atoms with Gasteiger partial charge in [-0.2, -0.15) is 22.0 Å². The summed E-state index contributed by atoms with van der Waals surface area (Å²) < 4.78 is 87.0. The van der Waals surface area contributed by atoms with Gasteiger partial charge >= 0.3 is 18.0 Å². The highest BCUT2D eigenvalue weighted by Gasteiger charge is 2.64. The first-order chi connectivity index (χ1) is 9.40. The molecule has 0 bridgehead atoms. The molecule has 1 amide bonds. The van der Waals surface area contributed by atoms with Crippen molar-refractivity contribution < 1.29 is 35.2 Å². The van der Waals surface area contributed by atoms with Crippen LogP contribution in [0.25, 0.3) is 0 Å². The third-order valence-electron chi connectivity index (χ3n) is 3.13. The number of carbonyl (C=O) groups excluding carboxylic acids is 1. The van der Waals surface area contributed by atoms with Crippen molar-refractivity contribution in [2.45, 2.75) is 37.9 Å². The molecule has 5 nitrogen and oxygen atoms in total. The van der Waals surface area contributed by atoms with Crippen LogP contribution in [-0.4, -0.2) is 56.2 Å². The quantitative estimate of drug-likeness (QED) is 0.781. The third-order valence-corrected chi connectivity index (χ3v) is 4.59. The average molecular weight is 338 g/mol. The fourth-order valence-corrected chi connectivity index (χ4v) is 2.77. The summed E-state index contributed by atoms with van der Waals surface area (Å²) in [6, 6.07) is -0.571. The maximum absolute atomic E-state index is 12.9. The number of alkyl halides is 5. The van der Waals surface area contributed by atoms with Crippen LogP contribution in [0.1, 0.15) is 19.8 Å². The minimum absolute atomic E-state index is 0.0150. The second-order valence-corrected chi connectivity index (χ2v) is 6.70. The Morgan fingerprint density at radius 2 is 1.67 bits per heavy atom. The normalized spacial score (nSPS) is 18.9. The summed E-state index contributed by atoms with van der Waals surface area (Å²) in [7, 11) is -3.49. The minimum atomic E-state index is -5.94. The number of carbonyl (C=O) groups is 1. The summed E-state index contributed by atoms with van der Waals surface area (Å²) in [4.78, 5) is 11.6. The van der Waals surface area contributed by atoms with Gasteiger partial charge in [0.1, 0.15) is 0 Å². The molecular formula is C10H15F5N2O3S. The van der Waals surface area contributed by atoms with E-state index in [-0.39, 0.29) is 31.7 Å². The van der Waals surface area contributed by atoms with Crippen LogP contribution in [0.5, 0.6) is 0 Å². The number of halogens is 5. The molecule has 1 aliphatic rings. The van der Waals surface area contributed by atoms with Crippen LogP contribution >= 0.6 is 0 Å². The molecule has 1 saturated heterocycles. The maximum Gasteiger partial charge on any atom is 0.463 e. The Bertz CT molecular complexity index is 483. The number of sulfonamides is 1. The van der Waals surface area contributed by atoms with Crippen LogP contribution in [0.4, 0.5) is 22.0 Å². The van der Waals surface area contributed by atoms with Gasteiger partial charge in [-0.3, -0.25) is 4.79 Å². The van der Waals surface area contributed by atoms with Gasteiger partial charge in [0.2, 0.25) is 10.0 Å². The first-order valence-corrected chi connectivity index (χ1v) is 7.80. The van der Waals surface area contributed by atoms with E-state index >= 15 is 0 Å². The number of hydrogen-bond donors (Lipinski definition) is 1. The molecule has 0 aromatic rings. The second kappa shape index (κ2) is 6.03. The maximum atomic E-state index is 12.9. The molecule has 1 N–H and O–H groups in total. The monoisotopic (exact) mass is 338 g/mol. The Morgan fingerprint density at radius 3 is 2.05 bits per heavy atom. The molecule has 1 rings (SSSR count). The van der Waals surface area contributed by atoms with E-state index in [0.29, 0.717) is 4.90 Å². The van der Waals surface area contributed by atoms with E-state index in [1.54, 1.807) is 0 Å². The summed E-state index contributed by atoms with van der Waals surface area (Å²) in [6.07, 6.45) is -5.97. The van der Waals surface area contributed by atoms with E-state index in [9.17, 15) is 35.2 Å². The Hall–Kier alpha value is -0.970. The SMILES string of the molecule is CCS(=O)(=O)NC1CCN(C(=O)C(F)(F)C(F)(F)F)CC1. The average Bonchev–Trinajstić information content (AvgIpc) is 2.37. The first kappa shape index (κ1) is 18.1. The van der Waals surface area contributed by atoms with E-state index in [1.165, 1.54) is 6.92 Å². The van der Waals surface area contributed by atoms with Gasteiger partial charge in [0.05, 0.1) is 5.75 Å². The fourth-order valence-electron chi connectivity index (χ4n) is 1.86. The van der Waals surface area contributed by atoms with E-state index in [4.69, 9.17) is 0 Å². The summed E-state index contributed by atoms with van der Waals surface area (Å²) in [6.45, 7) is 0.688. The lowest BCUT2D eigenvalue weighted by Gasteiger charge is -2.34. The van der Waals surface area contributed by atoms with Gasteiger partial charge in [0, 0.05) is 19.1 Å². The van der Waals surface area contributed by atoms with Crippen molar-refractivity contribution in [2.24, 2.45) is 0 Å². The third kappa shape index (κ3) is 4.25. The van der Waals surface area contributed by atoms with Crippen molar-refractivity contribution in [3.05, 3.63) is 0 Å². The molecule has 0 radical (unpaired) electrons. The van der Waals surface area contributed by atoms with Gasteiger partial charge in [-0.15, -0.1) is 0 Å². The second-order valence-electron chi connectivity index (χ2n) is 4.66. The van der Waals surface area contributed by atoms with Crippen molar-refractivity contribution in [3.8, 4) is 0 Å². The van der Waals surface area contributed by atoms with E-state index in [2.05, 4.69) is 4.72 Å². The standard InChI is InChI=1S/C10H15F5N2O3S/c1-2-21(19,20)16-7-3-5-17(6-4-7)8(18)9(11,12)10(13,14)15/h7,16H,2-6H2,1H3. The Balaban J connectivity index is 2.63. The van der Waals surface area contributed by atoms with Crippen LogP contribution in [0.2, 0.25) is 0 Å². The van der Waals surface area contributed by atoms with Gasteiger partial charge in [0.25, 0.3) is 0 Å². The highest BCUT2D eigenvalue weighted by atomic mass is 32.2. The lowest BCUT2D eigenvalue weighted by Crippen LogP contribution is -2.55. The molecule has 0 aliphatic carbocycles. The predicted octanol–water partition coefficient (Wildman–Crippen LogP) is 1.11. The number of nitrogens with zero attached hydrogens (tertiary/aromatic N) is 1. The van der Waals surface area contributed by atoms with E-state index in [1.807, 2.05) is 0 Å². The highest BCUT2D eigenvalue weighted by Crippen LogP contribution is 2.37. The molecular weight excluding hydrogens is 323 g/mol. The zero-order valence-electron chi connectivity index (χ0n) is 11.1. The van der Waals surface area contributed by atoms with Crippen molar-refractivity contribution in [1.29, 1.82) is 0 Å². The van der Waals surface area contributed by atoms with Crippen LogP contribution < -0.4 is 4.72 Å². The zero-order valence-corrected chi connectivity index (χ0v) is 11.9. The first-order valence-electron chi connectivity index (χ1n) is 6.14. The molecule has 0 atom stereocenters. The van der Waals surface area contributed by atoms with Crippen molar-refractivity contribution in [1.82, 2.24) is 9.62 Å². The molecule has 0 saturated carbocycles. The number of piperidine rings is 1. The minimum Gasteiger partial charge on any atom is -0.337 e. The molecule has 21 heavy (non-hydrogen) atoms. The molecule has 0 aromatic heterocycles. The number of hydrogen-bond acceptors (Lipinski definition) is 3. The zero-order chi connectivity index (χ0) is 16.5. The molecule has 0 aromatic carbocycles.